The molecule has 1 amide bonds. The van der Waals surface area contributed by atoms with Crippen molar-refractivity contribution in [1.82, 2.24) is 5.32 Å². The van der Waals surface area contributed by atoms with E-state index in [0.29, 0.717) is 17.9 Å². The van der Waals surface area contributed by atoms with E-state index in [-0.39, 0.29) is 17.2 Å². The van der Waals surface area contributed by atoms with Crippen LogP contribution in [0.25, 0.3) is 0 Å². The summed E-state index contributed by atoms with van der Waals surface area (Å²) in [7, 11) is 0. The lowest BCUT2D eigenvalue weighted by Crippen LogP contribution is -2.43. The van der Waals surface area contributed by atoms with Gasteiger partial charge in [-0.15, -0.1) is 11.6 Å². The molecule has 1 aliphatic rings. The van der Waals surface area contributed by atoms with Crippen LogP contribution in [0.3, 0.4) is 0 Å². The molecule has 0 atom stereocenters. The predicted octanol–water partition coefficient (Wildman–Crippen LogP) is 1.94. The maximum Gasteiger partial charge on any atom is 0.251 e. The van der Waals surface area contributed by atoms with E-state index >= 15 is 0 Å². The van der Waals surface area contributed by atoms with Crippen LogP contribution in [-0.2, 0) is 5.41 Å². The Morgan fingerprint density at radius 2 is 2.28 bits per heavy atom. The Morgan fingerprint density at radius 3 is 2.94 bits per heavy atom. The van der Waals surface area contributed by atoms with Gasteiger partial charge in [-0.25, -0.2) is 4.99 Å². The third kappa shape index (κ3) is 2.34. The fourth-order valence-corrected chi connectivity index (χ4v) is 2.11. The first-order valence-corrected chi connectivity index (χ1v) is 6.29. The summed E-state index contributed by atoms with van der Waals surface area (Å²) in [5, 5.41) is 2.88. The van der Waals surface area contributed by atoms with Crippen LogP contribution in [-0.4, -0.2) is 24.2 Å². The summed E-state index contributed by atoms with van der Waals surface area (Å²) < 4.78 is 0. The number of nitrogens with two attached hydrogens (primary N) is 1. The minimum Gasteiger partial charge on any atom is -0.386 e. The number of aliphatic imine (C=N–C) groups is 1. The predicted molar refractivity (Wildman–Crippen MR) is 73.8 cm³/mol. The average Bonchev–Trinajstić information content (AvgIpc) is 2.34. The molecule has 0 aliphatic carbocycles. The van der Waals surface area contributed by atoms with Crippen molar-refractivity contribution in [3.63, 3.8) is 0 Å². The number of nitrogens with one attached hydrogen (secondary N) is 1. The summed E-state index contributed by atoms with van der Waals surface area (Å²) in [6.07, 6.45) is 0. The molecule has 96 valence electrons. The van der Waals surface area contributed by atoms with Crippen LogP contribution in [0.4, 0.5) is 5.69 Å². The molecule has 3 N–H and O–H groups in total. The first kappa shape index (κ1) is 12.9. The Balaban J connectivity index is 2.50. The lowest BCUT2D eigenvalue weighted by molar-refractivity contribution is 0.0930. The zero-order chi connectivity index (χ0) is 13.3. The van der Waals surface area contributed by atoms with Crippen molar-refractivity contribution < 1.29 is 4.79 Å². The maximum absolute atomic E-state index is 11.8. The molecule has 0 radical (unpaired) electrons. The summed E-state index contributed by atoms with van der Waals surface area (Å²) in [6, 6.07) is 5.47. The van der Waals surface area contributed by atoms with E-state index in [1.165, 1.54) is 0 Å². The molecule has 18 heavy (non-hydrogen) atoms. The molecule has 0 aromatic heterocycles. The summed E-state index contributed by atoms with van der Waals surface area (Å²) in [4.78, 5) is 16.0. The van der Waals surface area contributed by atoms with Crippen LogP contribution in [0.5, 0.6) is 0 Å². The first-order valence-electron chi connectivity index (χ1n) is 5.76. The van der Waals surface area contributed by atoms with E-state index in [1.807, 2.05) is 6.07 Å². The van der Waals surface area contributed by atoms with Crippen LogP contribution in [0.2, 0.25) is 0 Å². The van der Waals surface area contributed by atoms with Gasteiger partial charge in [-0.3, -0.25) is 4.79 Å². The highest BCUT2D eigenvalue weighted by Gasteiger charge is 2.31. The van der Waals surface area contributed by atoms with E-state index in [2.05, 4.69) is 24.2 Å². The van der Waals surface area contributed by atoms with Gasteiger partial charge in [-0.2, -0.15) is 0 Å². The smallest absolute Gasteiger partial charge is 0.251 e. The molecule has 0 spiro atoms. The molecule has 0 bridgehead atoms. The van der Waals surface area contributed by atoms with Crippen LogP contribution in [0.15, 0.2) is 23.2 Å². The lowest BCUT2D eigenvalue weighted by atomic mass is 9.79. The number of nitrogens with zero attached hydrogens (tertiary/aromatic N) is 1. The van der Waals surface area contributed by atoms with Crippen molar-refractivity contribution in [2.45, 2.75) is 19.3 Å². The van der Waals surface area contributed by atoms with E-state index in [4.69, 9.17) is 17.3 Å². The number of fused-ring (bicyclic) bond motifs is 1. The summed E-state index contributed by atoms with van der Waals surface area (Å²) in [5.74, 6) is 0.529. The molecule has 0 saturated heterocycles. The number of alkyl halides is 1. The molecular formula is C13H16ClN3O. The summed E-state index contributed by atoms with van der Waals surface area (Å²) in [6.45, 7) is 4.80. The second-order valence-corrected chi connectivity index (χ2v) is 5.30. The van der Waals surface area contributed by atoms with Crippen LogP contribution < -0.4 is 11.1 Å². The van der Waals surface area contributed by atoms with Crippen molar-refractivity contribution in [3.8, 4) is 0 Å². The van der Waals surface area contributed by atoms with E-state index in [9.17, 15) is 4.79 Å². The molecule has 5 heteroatoms. The van der Waals surface area contributed by atoms with Gasteiger partial charge in [-0.05, 0) is 23.8 Å². The van der Waals surface area contributed by atoms with Crippen molar-refractivity contribution in [1.29, 1.82) is 0 Å². The number of rotatable bonds is 2. The number of hydrogen-bond donors (Lipinski definition) is 2. The number of amides is 1. The third-order valence-electron chi connectivity index (χ3n) is 3.08. The molecule has 0 saturated carbocycles. The highest BCUT2D eigenvalue weighted by Crippen LogP contribution is 2.32. The Kier molecular flexibility index (Phi) is 3.30. The van der Waals surface area contributed by atoms with Gasteiger partial charge in [0.25, 0.3) is 5.91 Å². The van der Waals surface area contributed by atoms with Gasteiger partial charge in [0.1, 0.15) is 5.84 Å². The zero-order valence-electron chi connectivity index (χ0n) is 10.5. The molecule has 4 nitrogen and oxygen atoms in total. The highest BCUT2D eigenvalue weighted by atomic mass is 35.5. The Labute approximate surface area is 111 Å². The van der Waals surface area contributed by atoms with Gasteiger partial charge >= 0.3 is 0 Å². The molecule has 0 fully saturated rings. The topological polar surface area (TPSA) is 67.5 Å². The molecule has 0 unspecified atom stereocenters. The van der Waals surface area contributed by atoms with Gasteiger partial charge in [0.05, 0.1) is 11.6 Å². The van der Waals surface area contributed by atoms with Gasteiger partial charge in [-0.1, -0.05) is 13.8 Å². The number of benzene rings is 1. The molecule has 1 aliphatic heterocycles. The summed E-state index contributed by atoms with van der Waals surface area (Å²) in [5.41, 5.74) is 7.94. The number of carbonyl (C=O) groups is 1. The highest BCUT2D eigenvalue weighted by molar-refractivity contribution is 6.28. The van der Waals surface area contributed by atoms with E-state index < -0.39 is 0 Å². The van der Waals surface area contributed by atoms with Gasteiger partial charge < -0.3 is 11.1 Å². The minimum atomic E-state index is -0.107. The third-order valence-corrected chi connectivity index (χ3v) is 3.35. The number of halogens is 1. The second-order valence-electron chi connectivity index (χ2n) is 5.03. The standard InChI is InChI=1S/C13H16ClN3O/c1-13(2)7-16-12(18)9-4-3-8(5-10(9)13)17-11(15)6-14/h3-5H,6-7H2,1-2H3,(H2,15,17)(H,16,18). The molecular weight excluding hydrogens is 250 g/mol. The van der Waals surface area contributed by atoms with Gasteiger partial charge in [0.2, 0.25) is 0 Å². The molecule has 1 heterocycles. The fourth-order valence-electron chi connectivity index (χ4n) is 2.05. The first-order chi connectivity index (χ1) is 8.44. The SMILES string of the molecule is CC1(C)CNC(=O)c2ccc(N=C(N)CCl)cc21. The van der Waals surface area contributed by atoms with E-state index in [0.717, 1.165) is 11.3 Å². The van der Waals surface area contributed by atoms with Crippen molar-refractivity contribution >= 4 is 29.0 Å². The number of carbonyl (C=O) groups excluding carboxylic acids is 1. The fraction of sp³-hybridized carbons (Fsp3) is 0.385. The Morgan fingerprint density at radius 1 is 1.56 bits per heavy atom. The monoisotopic (exact) mass is 265 g/mol. The molecule has 1 aromatic carbocycles. The Hall–Kier alpha value is -1.55. The van der Waals surface area contributed by atoms with Crippen LogP contribution in [0.1, 0.15) is 29.8 Å². The van der Waals surface area contributed by atoms with Crippen LogP contribution >= 0.6 is 11.6 Å². The largest absolute Gasteiger partial charge is 0.386 e. The Bertz CT molecular complexity index is 523. The summed E-state index contributed by atoms with van der Waals surface area (Å²) >= 11 is 5.60. The quantitative estimate of drug-likeness (QED) is 0.487. The maximum atomic E-state index is 11.8. The number of hydrogen-bond acceptors (Lipinski definition) is 2. The van der Waals surface area contributed by atoms with Crippen molar-refractivity contribution in [2.75, 3.05) is 12.4 Å². The zero-order valence-corrected chi connectivity index (χ0v) is 11.2. The van der Waals surface area contributed by atoms with E-state index in [1.54, 1.807) is 12.1 Å². The number of amidine groups is 1. The van der Waals surface area contributed by atoms with Gasteiger partial charge in [0.15, 0.2) is 0 Å². The van der Waals surface area contributed by atoms with Gasteiger partial charge in [0, 0.05) is 17.5 Å². The second kappa shape index (κ2) is 4.61. The minimum absolute atomic E-state index is 0.0369. The van der Waals surface area contributed by atoms with Crippen molar-refractivity contribution in [2.24, 2.45) is 10.7 Å². The average molecular weight is 266 g/mol. The van der Waals surface area contributed by atoms with Crippen molar-refractivity contribution in [3.05, 3.63) is 29.3 Å². The lowest BCUT2D eigenvalue weighted by Gasteiger charge is -2.32. The van der Waals surface area contributed by atoms with Crippen LogP contribution in [0, 0.1) is 0 Å². The normalized spacial score (nSPS) is 18.2. The molecule has 2 rings (SSSR count). The molecule has 1 aromatic rings.